The maximum absolute atomic E-state index is 14.9. The van der Waals surface area contributed by atoms with Gasteiger partial charge in [-0.3, -0.25) is 34.1 Å². The molecule has 6 atom stereocenters. The van der Waals surface area contributed by atoms with E-state index < -0.39 is 63.4 Å². The number of hydrogen-bond donors (Lipinski definition) is 3. The zero-order valence-corrected chi connectivity index (χ0v) is 47.5. The number of likely N-dealkylation sites (N-methyl/N-ethyl adjacent to an activating group) is 1. The number of pyridine rings is 1. The van der Waals surface area contributed by atoms with Crippen LogP contribution in [0.15, 0.2) is 79.0 Å². The van der Waals surface area contributed by atoms with E-state index in [2.05, 4.69) is 60.1 Å². The summed E-state index contributed by atoms with van der Waals surface area (Å²) in [5, 5.41) is 16.9. The molecule has 4 aliphatic heterocycles. The SMILES string of the molecule is CCn1c(-c2cc(C#CCN3CCS(=O)(=O)CC3)cnc2C(C)OC)c2c3cc(ccc31)-c1cc(O)cc(c1)CC(NC(=O)C(C(C)C)N(C)C(=O)C1OCCC1c1ccccc1)C(=O)N1CCCC(N1)C(=O)OCC(C)(C)C2. The van der Waals surface area contributed by atoms with Gasteiger partial charge in [-0.15, -0.1) is 0 Å². The average molecular weight is 1100 g/mol. The lowest BCUT2D eigenvalue weighted by atomic mass is 9.84. The standard InChI is InChI=1S/C61H75N7O10S/c1-9-67-52-20-19-43-34-47(52)49(55(67)48-31-40(36-62-53(48)39(4)76-8)15-13-22-66-24-27-79(74,75)28-25-66)35-61(5,6)37-78-60(73)50-18-14-23-68(64-50)58(71)51(32-41-29-44(43)33-45(69)30-41)63-57(70)54(38(2)3)65(7)59(72)56-46(21-26-77-56)42-16-11-10-12-17-42/h10-12,16-17,19-20,29-31,33-34,36,38-39,46,50-51,54,56,64,69H,9,14,18,21-28,32,35,37H2,1-8H3,(H,63,70). The van der Waals surface area contributed by atoms with Gasteiger partial charge in [0.25, 0.3) is 11.8 Å². The topological polar surface area (TPSA) is 202 Å². The van der Waals surface area contributed by atoms with E-state index in [1.54, 1.807) is 32.5 Å². The molecule has 5 aromatic rings. The number of phenols is 1. The number of amides is 3. The number of ether oxygens (including phenoxy) is 3. The van der Waals surface area contributed by atoms with Gasteiger partial charge in [0.2, 0.25) is 5.91 Å². The van der Waals surface area contributed by atoms with Crippen LogP contribution in [0.4, 0.5) is 0 Å². The summed E-state index contributed by atoms with van der Waals surface area (Å²) >= 11 is 0. The Morgan fingerprint density at radius 3 is 2.48 bits per heavy atom. The van der Waals surface area contributed by atoms with Crippen molar-refractivity contribution in [3.8, 4) is 40.0 Å². The van der Waals surface area contributed by atoms with E-state index in [4.69, 9.17) is 19.2 Å². The van der Waals surface area contributed by atoms with E-state index in [0.29, 0.717) is 80.9 Å². The molecule has 0 radical (unpaired) electrons. The highest BCUT2D eigenvalue weighted by Crippen LogP contribution is 2.43. The number of nitrogens with zero attached hydrogens (tertiary/aromatic N) is 5. The molecule has 4 aliphatic rings. The molecule has 2 aromatic heterocycles. The van der Waals surface area contributed by atoms with Crippen molar-refractivity contribution in [1.29, 1.82) is 0 Å². The molecule has 0 spiro atoms. The number of fused-ring (bicyclic) bond motifs is 6. The zero-order valence-electron chi connectivity index (χ0n) is 46.7. The number of carbonyl (C=O) groups is 4. The second-order valence-electron chi connectivity index (χ2n) is 22.7. The molecule has 17 nitrogen and oxygen atoms in total. The van der Waals surface area contributed by atoms with E-state index in [1.165, 1.54) is 9.91 Å². The van der Waals surface area contributed by atoms with Crippen LogP contribution in [0.2, 0.25) is 0 Å². The minimum atomic E-state index is -3.03. The predicted molar refractivity (Wildman–Crippen MR) is 302 cm³/mol. The van der Waals surface area contributed by atoms with Gasteiger partial charge in [-0.1, -0.05) is 82.0 Å². The van der Waals surface area contributed by atoms with Crippen molar-refractivity contribution < 1.29 is 46.9 Å². The number of aromatic hydroxyl groups is 1. The number of carbonyl (C=O) groups excluding carboxylic acids is 4. The number of hydrogen-bond acceptors (Lipinski definition) is 13. The van der Waals surface area contributed by atoms with Gasteiger partial charge < -0.3 is 34.1 Å². The lowest BCUT2D eigenvalue weighted by Gasteiger charge is -2.37. The molecular formula is C61H75N7O10S. The minimum Gasteiger partial charge on any atom is -0.508 e. The molecule has 6 bridgehead atoms. The number of phenolic OH excluding ortho intramolecular Hbond substituents is 1. The molecule has 3 N–H and O–H groups in total. The first kappa shape index (κ1) is 57.1. The first-order chi connectivity index (χ1) is 37.7. The summed E-state index contributed by atoms with van der Waals surface area (Å²) in [5.41, 5.74) is 10.6. The molecule has 6 unspecified atom stereocenters. The number of aryl methyl sites for hydroxylation is 1. The Morgan fingerprint density at radius 1 is 1.00 bits per heavy atom. The quantitative estimate of drug-likeness (QED) is 0.0946. The number of benzene rings is 3. The Hall–Kier alpha value is -6.62. The second-order valence-corrected chi connectivity index (χ2v) is 25.0. The number of rotatable bonds is 11. The van der Waals surface area contributed by atoms with Crippen LogP contribution in [0.25, 0.3) is 33.3 Å². The molecule has 79 heavy (non-hydrogen) atoms. The number of sulfone groups is 1. The van der Waals surface area contributed by atoms with E-state index in [9.17, 15) is 32.7 Å². The van der Waals surface area contributed by atoms with E-state index >= 15 is 0 Å². The van der Waals surface area contributed by atoms with E-state index in [0.717, 1.165) is 38.9 Å². The summed E-state index contributed by atoms with van der Waals surface area (Å²) in [4.78, 5) is 66.8. The fourth-order valence-electron chi connectivity index (χ4n) is 11.7. The zero-order chi connectivity index (χ0) is 56.3. The van der Waals surface area contributed by atoms with Crippen LogP contribution in [-0.2, 0) is 62.6 Å². The predicted octanol–water partition coefficient (Wildman–Crippen LogP) is 6.59. The third-order valence-electron chi connectivity index (χ3n) is 16.0. The van der Waals surface area contributed by atoms with Crippen LogP contribution >= 0.6 is 0 Å². The molecule has 18 heteroatoms. The summed E-state index contributed by atoms with van der Waals surface area (Å²) in [6.07, 6.45) is 2.53. The van der Waals surface area contributed by atoms with Gasteiger partial charge in [0.15, 0.2) is 9.84 Å². The van der Waals surface area contributed by atoms with Crippen molar-refractivity contribution in [2.24, 2.45) is 11.3 Å². The average Bonchev–Trinajstić information content (AvgIpc) is 4.28. The van der Waals surface area contributed by atoms with Crippen LogP contribution in [-0.4, -0.2) is 151 Å². The fraction of sp³-hybridized carbons (Fsp3) is 0.492. The van der Waals surface area contributed by atoms with Crippen molar-refractivity contribution in [1.82, 2.24) is 35.1 Å². The second kappa shape index (κ2) is 24.0. The van der Waals surface area contributed by atoms with Crippen LogP contribution in [0, 0.1) is 23.2 Å². The Bertz CT molecular complexity index is 3260. The van der Waals surface area contributed by atoms with Gasteiger partial charge in [-0.25, -0.2) is 13.8 Å². The smallest absolute Gasteiger partial charge is 0.324 e. The Morgan fingerprint density at radius 2 is 1.76 bits per heavy atom. The maximum Gasteiger partial charge on any atom is 0.324 e. The number of nitrogens with one attached hydrogen (secondary N) is 2. The number of aromatic nitrogens is 2. The van der Waals surface area contributed by atoms with E-state index in [-0.39, 0.29) is 54.6 Å². The van der Waals surface area contributed by atoms with E-state index in [1.807, 2.05) is 74.2 Å². The summed E-state index contributed by atoms with van der Waals surface area (Å²) in [5.74, 6) is 4.37. The van der Waals surface area contributed by atoms with Crippen molar-refractivity contribution in [2.45, 2.75) is 116 Å². The Labute approximate surface area is 464 Å². The first-order valence-electron chi connectivity index (χ1n) is 27.7. The molecule has 3 amide bonds. The van der Waals surface area contributed by atoms with Crippen LogP contribution in [0.3, 0.4) is 0 Å². The summed E-state index contributed by atoms with van der Waals surface area (Å²) < 4.78 is 44.7. The molecule has 6 heterocycles. The van der Waals surface area contributed by atoms with Crippen molar-refractivity contribution in [3.05, 3.63) is 107 Å². The third-order valence-corrected chi connectivity index (χ3v) is 17.6. The van der Waals surface area contributed by atoms with Gasteiger partial charge in [0.05, 0.1) is 42.1 Å². The van der Waals surface area contributed by atoms with Gasteiger partial charge in [0, 0.05) is 92.9 Å². The van der Waals surface area contributed by atoms with Gasteiger partial charge in [-0.2, -0.15) is 0 Å². The molecule has 3 fully saturated rings. The van der Waals surface area contributed by atoms with Crippen LogP contribution in [0.1, 0.15) is 101 Å². The van der Waals surface area contributed by atoms with Gasteiger partial charge >= 0.3 is 5.97 Å². The Kier molecular flexibility index (Phi) is 17.3. The molecule has 0 aliphatic carbocycles. The summed E-state index contributed by atoms with van der Waals surface area (Å²) in [7, 11) is 0.220. The first-order valence-corrected chi connectivity index (χ1v) is 29.5. The molecular weight excluding hydrogens is 1020 g/mol. The van der Waals surface area contributed by atoms with Crippen LogP contribution in [0.5, 0.6) is 5.75 Å². The summed E-state index contributed by atoms with van der Waals surface area (Å²) in [6.45, 7) is 14.5. The number of esters is 1. The number of hydrazine groups is 1. The Balaban J connectivity index is 1.11. The normalized spacial score (nSPS) is 22.3. The van der Waals surface area contributed by atoms with Crippen molar-refractivity contribution in [3.63, 3.8) is 0 Å². The highest BCUT2D eigenvalue weighted by Gasteiger charge is 2.42. The van der Waals surface area contributed by atoms with Gasteiger partial charge in [0.1, 0.15) is 30.0 Å². The monoisotopic (exact) mass is 1100 g/mol. The summed E-state index contributed by atoms with van der Waals surface area (Å²) in [6, 6.07) is 20.2. The largest absolute Gasteiger partial charge is 0.508 e. The maximum atomic E-state index is 14.9. The third kappa shape index (κ3) is 12.7. The van der Waals surface area contributed by atoms with Crippen LogP contribution < -0.4 is 10.7 Å². The van der Waals surface area contributed by atoms with Crippen molar-refractivity contribution in [2.75, 3.05) is 65.1 Å². The molecule has 3 saturated heterocycles. The lowest BCUT2D eigenvalue weighted by Crippen LogP contribution is -2.62. The highest BCUT2D eigenvalue weighted by molar-refractivity contribution is 7.91. The van der Waals surface area contributed by atoms with Crippen molar-refractivity contribution >= 4 is 44.4 Å². The minimum absolute atomic E-state index is 0.0333. The number of cyclic esters (lactones) is 1. The molecule has 420 valence electrons. The molecule has 0 saturated carbocycles. The van der Waals surface area contributed by atoms with Gasteiger partial charge in [-0.05, 0) is 104 Å². The molecule has 3 aromatic carbocycles. The number of methoxy groups -OCH3 is 1. The fourth-order valence-corrected chi connectivity index (χ4v) is 13.0. The lowest BCUT2D eigenvalue weighted by molar-refractivity contribution is -0.155. The molecule has 9 rings (SSSR count). The highest BCUT2D eigenvalue weighted by atomic mass is 32.2.